The van der Waals surface area contributed by atoms with Gasteiger partial charge in [-0.15, -0.1) is 0 Å². The summed E-state index contributed by atoms with van der Waals surface area (Å²) in [6, 6.07) is 8.83. The van der Waals surface area contributed by atoms with Gasteiger partial charge >= 0.3 is 5.97 Å². The number of aliphatic hydroxyl groups excluding tert-OH is 1. The summed E-state index contributed by atoms with van der Waals surface area (Å²) in [5, 5.41) is 9.48. The number of esters is 1. The Kier molecular flexibility index (Phi) is 3.73. The van der Waals surface area contributed by atoms with Crippen LogP contribution in [0.5, 0.6) is 0 Å². The lowest BCUT2D eigenvalue weighted by Crippen LogP contribution is -2.00. The van der Waals surface area contributed by atoms with Crippen LogP contribution in [-0.4, -0.2) is 17.7 Å². The predicted octanol–water partition coefficient (Wildman–Crippen LogP) is 2.15. The summed E-state index contributed by atoms with van der Waals surface area (Å²) in [6.45, 7) is 2.02. The third kappa shape index (κ3) is 2.94. The van der Waals surface area contributed by atoms with Gasteiger partial charge in [-0.3, -0.25) is 0 Å². The van der Waals surface area contributed by atoms with E-state index >= 15 is 0 Å². The predicted molar refractivity (Wildman–Crippen MR) is 53.7 cm³/mol. The molecule has 1 aromatic rings. The maximum absolute atomic E-state index is 11.0. The van der Waals surface area contributed by atoms with E-state index in [9.17, 15) is 9.90 Å². The highest BCUT2D eigenvalue weighted by molar-refractivity contribution is 5.89. The highest BCUT2D eigenvalue weighted by Gasteiger charge is 2.02. The minimum absolute atomic E-state index is 0.0796. The molecule has 0 saturated heterocycles. The highest BCUT2D eigenvalue weighted by Crippen LogP contribution is 2.09. The molecule has 0 radical (unpaired) electrons. The Morgan fingerprint density at radius 2 is 2.07 bits per heavy atom. The van der Waals surface area contributed by atoms with Crippen molar-refractivity contribution in [3.8, 4) is 0 Å². The van der Waals surface area contributed by atoms with Gasteiger partial charge in [0, 0.05) is 5.56 Å². The summed E-state index contributed by atoms with van der Waals surface area (Å²) in [5.41, 5.74) is 0.598. The average molecular weight is 192 g/mol. The molecule has 0 heterocycles. The van der Waals surface area contributed by atoms with E-state index in [-0.39, 0.29) is 5.76 Å². The lowest BCUT2D eigenvalue weighted by molar-refractivity contribution is -0.137. The molecule has 1 rings (SSSR count). The number of ether oxygens (including phenoxy) is 1. The molecule has 3 heteroatoms. The van der Waals surface area contributed by atoms with Crippen LogP contribution < -0.4 is 0 Å². The van der Waals surface area contributed by atoms with E-state index in [1.54, 1.807) is 31.2 Å². The van der Waals surface area contributed by atoms with Crippen LogP contribution in [-0.2, 0) is 9.53 Å². The molecule has 1 N–H and O–H groups in total. The SMILES string of the molecule is CCOC(=O)C=C(O)c1ccccc1. The molecule has 0 unspecified atom stereocenters. The minimum atomic E-state index is -0.533. The highest BCUT2D eigenvalue weighted by atomic mass is 16.5. The monoisotopic (exact) mass is 192 g/mol. The molecule has 0 saturated carbocycles. The standard InChI is InChI=1S/C11H12O3/c1-2-14-11(13)8-10(12)9-6-4-3-5-7-9/h3-8,12H,2H2,1H3. The first-order chi connectivity index (χ1) is 6.74. The molecule has 0 aromatic heterocycles. The number of aliphatic hydroxyl groups is 1. The molecule has 0 aliphatic rings. The summed E-state index contributed by atoms with van der Waals surface area (Å²) in [4.78, 5) is 11.0. The molecule has 14 heavy (non-hydrogen) atoms. The third-order valence-electron chi connectivity index (χ3n) is 1.61. The van der Waals surface area contributed by atoms with E-state index in [0.717, 1.165) is 6.08 Å². The van der Waals surface area contributed by atoms with Crippen LogP contribution in [0.25, 0.3) is 5.76 Å². The van der Waals surface area contributed by atoms with Gasteiger partial charge in [0.1, 0.15) is 5.76 Å². The van der Waals surface area contributed by atoms with Crippen molar-refractivity contribution in [3.63, 3.8) is 0 Å². The van der Waals surface area contributed by atoms with Gasteiger partial charge in [-0.1, -0.05) is 30.3 Å². The Balaban J connectivity index is 2.75. The fraction of sp³-hybridized carbons (Fsp3) is 0.182. The number of carbonyl (C=O) groups is 1. The Labute approximate surface area is 82.6 Å². The van der Waals surface area contributed by atoms with Gasteiger partial charge in [0.25, 0.3) is 0 Å². The first kappa shape index (κ1) is 10.3. The molecule has 0 spiro atoms. The van der Waals surface area contributed by atoms with Crippen LogP contribution in [0.2, 0.25) is 0 Å². The van der Waals surface area contributed by atoms with Crippen LogP contribution in [0.15, 0.2) is 36.4 Å². The van der Waals surface area contributed by atoms with E-state index < -0.39 is 5.97 Å². The van der Waals surface area contributed by atoms with Gasteiger partial charge < -0.3 is 9.84 Å². The summed E-state index contributed by atoms with van der Waals surface area (Å²) in [7, 11) is 0. The molecule has 0 amide bonds. The molecule has 3 nitrogen and oxygen atoms in total. The lowest BCUT2D eigenvalue weighted by Gasteiger charge is -1.99. The first-order valence-corrected chi connectivity index (χ1v) is 4.37. The zero-order chi connectivity index (χ0) is 10.4. The summed E-state index contributed by atoms with van der Waals surface area (Å²) < 4.78 is 4.66. The number of benzene rings is 1. The molecule has 0 aliphatic heterocycles. The summed E-state index contributed by atoms with van der Waals surface area (Å²) >= 11 is 0. The molecular weight excluding hydrogens is 180 g/mol. The fourth-order valence-electron chi connectivity index (χ4n) is 0.988. The lowest BCUT2D eigenvalue weighted by atomic mass is 10.2. The second kappa shape index (κ2) is 5.07. The van der Waals surface area contributed by atoms with Crippen molar-refractivity contribution in [1.82, 2.24) is 0 Å². The number of carbonyl (C=O) groups excluding carboxylic acids is 1. The molecule has 0 aliphatic carbocycles. The van der Waals surface area contributed by atoms with Gasteiger partial charge in [0.05, 0.1) is 12.7 Å². The fourth-order valence-corrected chi connectivity index (χ4v) is 0.988. The Hall–Kier alpha value is -1.77. The van der Waals surface area contributed by atoms with E-state index in [4.69, 9.17) is 0 Å². The molecular formula is C11H12O3. The normalized spacial score (nSPS) is 11.1. The number of hydrogen-bond donors (Lipinski definition) is 1. The van der Waals surface area contributed by atoms with E-state index in [1.807, 2.05) is 6.07 Å². The molecule has 0 fully saturated rings. The molecule has 74 valence electrons. The number of rotatable bonds is 3. The molecule has 0 bridgehead atoms. The Morgan fingerprint density at radius 1 is 1.43 bits per heavy atom. The quantitative estimate of drug-likeness (QED) is 0.453. The van der Waals surface area contributed by atoms with Crippen molar-refractivity contribution in [2.75, 3.05) is 6.61 Å². The van der Waals surface area contributed by atoms with Gasteiger partial charge in [0.2, 0.25) is 0 Å². The molecule has 0 atom stereocenters. The number of hydrogen-bond acceptors (Lipinski definition) is 3. The summed E-state index contributed by atoms with van der Waals surface area (Å²) in [6.07, 6.45) is 1.07. The van der Waals surface area contributed by atoms with Crippen molar-refractivity contribution in [3.05, 3.63) is 42.0 Å². The van der Waals surface area contributed by atoms with Crippen LogP contribution in [0, 0.1) is 0 Å². The van der Waals surface area contributed by atoms with Crippen molar-refractivity contribution in [2.24, 2.45) is 0 Å². The second-order valence-electron chi connectivity index (χ2n) is 2.65. The third-order valence-corrected chi connectivity index (χ3v) is 1.61. The summed E-state index contributed by atoms with van der Waals surface area (Å²) in [5.74, 6) is -0.613. The maximum atomic E-state index is 11.0. The van der Waals surface area contributed by atoms with Crippen molar-refractivity contribution in [1.29, 1.82) is 0 Å². The minimum Gasteiger partial charge on any atom is -0.507 e. The molecule has 1 aromatic carbocycles. The zero-order valence-corrected chi connectivity index (χ0v) is 7.93. The Bertz CT molecular complexity index is 328. The second-order valence-corrected chi connectivity index (χ2v) is 2.65. The van der Waals surface area contributed by atoms with Crippen LogP contribution >= 0.6 is 0 Å². The maximum Gasteiger partial charge on any atom is 0.334 e. The van der Waals surface area contributed by atoms with Gasteiger partial charge in [-0.25, -0.2) is 4.79 Å². The van der Waals surface area contributed by atoms with Crippen LogP contribution in [0.3, 0.4) is 0 Å². The smallest absolute Gasteiger partial charge is 0.334 e. The van der Waals surface area contributed by atoms with E-state index in [0.29, 0.717) is 12.2 Å². The van der Waals surface area contributed by atoms with Gasteiger partial charge in [-0.2, -0.15) is 0 Å². The van der Waals surface area contributed by atoms with Gasteiger partial charge in [-0.05, 0) is 6.92 Å². The zero-order valence-electron chi connectivity index (χ0n) is 7.93. The van der Waals surface area contributed by atoms with Crippen molar-refractivity contribution in [2.45, 2.75) is 6.92 Å². The Morgan fingerprint density at radius 3 is 2.64 bits per heavy atom. The van der Waals surface area contributed by atoms with Gasteiger partial charge in [0.15, 0.2) is 0 Å². The van der Waals surface area contributed by atoms with Crippen LogP contribution in [0.4, 0.5) is 0 Å². The van der Waals surface area contributed by atoms with Crippen molar-refractivity contribution >= 4 is 11.7 Å². The topological polar surface area (TPSA) is 46.5 Å². The van der Waals surface area contributed by atoms with Crippen molar-refractivity contribution < 1.29 is 14.6 Å². The largest absolute Gasteiger partial charge is 0.507 e. The first-order valence-electron chi connectivity index (χ1n) is 4.37. The van der Waals surface area contributed by atoms with E-state index in [2.05, 4.69) is 4.74 Å². The average Bonchev–Trinajstić information content (AvgIpc) is 2.19. The van der Waals surface area contributed by atoms with Crippen LogP contribution in [0.1, 0.15) is 12.5 Å². The van der Waals surface area contributed by atoms with E-state index in [1.165, 1.54) is 0 Å².